The molecule has 4 nitrogen and oxygen atoms in total. The van der Waals surface area contributed by atoms with Crippen molar-refractivity contribution in [1.82, 2.24) is 9.97 Å². The molecule has 1 N–H and O–H groups in total. The molecule has 1 aromatic carbocycles. The second kappa shape index (κ2) is 5.30. The number of rotatable bonds is 4. The fourth-order valence-electron chi connectivity index (χ4n) is 1.51. The van der Waals surface area contributed by atoms with Gasteiger partial charge in [-0.25, -0.2) is 9.97 Å². The van der Waals surface area contributed by atoms with Crippen LogP contribution in [-0.4, -0.2) is 24.1 Å². The van der Waals surface area contributed by atoms with Crippen LogP contribution in [0.3, 0.4) is 0 Å². The number of ether oxygens (including phenoxy) is 1. The fraction of sp³-hybridized carbons (Fsp3) is 0.231. The van der Waals surface area contributed by atoms with Crippen LogP contribution in [-0.2, 0) is 6.42 Å². The molecule has 0 saturated carbocycles. The summed E-state index contributed by atoms with van der Waals surface area (Å²) in [4.78, 5) is 8.47. The van der Waals surface area contributed by atoms with E-state index in [2.05, 4.69) is 27.4 Å². The van der Waals surface area contributed by atoms with Crippen LogP contribution in [0.1, 0.15) is 11.4 Å². The summed E-state index contributed by atoms with van der Waals surface area (Å²) < 4.78 is 5.02. The molecular formula is C13H15N3O. The zero-order valence-electron chi connectivity index (χ0n) is 9.97. The van der Waals surface area contributed by atoms with Crippen molar-refractivity contribution in [3.05, 3.63) is 48.0 Å². The topological polar surface area (TPSA) is 47.0 Å². The van der Waals surface area contributed by atoms with Gasteiger partial charge in [-0.1, -0.05) is 12.1 Å². The minimum Gasteiger partial charge on any atom is -0.494 e. The lowest BCUT2D eigenvalue weighted by Gasteiger charge is -2.04. The number of nitrogens with zero attached hydrogens (tertiary/aromatic N) is 2. The van der Waals surface area contributed by atoms with Crippen LogP contribution in [0.5, 0.6) is 5.75 Å². The van der Waals surface area contributed by atoms with Crippen molar-refractivity contribution in [2.75, 3.05) is 19.5 Å². The molecule has 17 heavy (non-hydrogen) atoms. The average Bonchev–Trinajstić information content (AvgIpc) is 2.40. The van der Waals surface area contributed by atoms with Crippen molar-refractivity contribution in [3.8, 4) is 5.75 Å². The lowest BCUT2D eigenvalue weighted by molar-refractivity contribution is 0.410. The predicted molar refractivity (Wildman–Crippen MR) is 67.4 cm³/mol. The second-order valence-corrected chi connectivity index (χ2v) is 3.66. The Morgan fingerprint density at radius 3 is 2.29 bits per heavy atom. The summed E-state index contributed by atoms with van der Waals surface area (Å²) in [7, 11) is 3.51. The van der Waals surface area contributed by atoms with Gasteiger partial charge in [-0.3, -0.25) is 0 Å². The Hall–Kier alpha value is -2.10. The molecule has 4 heteroatoms. The van der Waals surface area contributed by atoms with Gasteiger partial charge in [0.2, 0.25) is 0 Å². The molecule has 0 aliphatic carbocycles. The van der Waals surface area contributed by atoms with Crippen LogP contribution in [0.15, 0.2) is 36.7 Å². The van der Waals surface area contributed by atoms with Crippen molar-refractivity contribution < 1.29 is 4.74 Å². The Balaban J connectivity index is 2.08. The Labute approximate surface area is 101 Å². The van der Waals surface area contributed by atoms with Crippen molar-refractivity contribution in [2.24, 2.45) is 0 Å². The lowest BCUT2D eigenvalue weighted by Crippen LogP contribution is -1.97. The van der Waals surface area contributed by atoms with Crippen LogP contribution in [0.4, 0.5) is 5.69 Å². The van der Waals surface area contributed by atoms with Gasteiger partial charge in [0, 0.05) is 19.2 Å². The molecule has 0 aliphatic rings. The van der Waals surface area contributed by atoms with E-state index >= 15 is 0 Å². The third-order valence-corrected chi connectivity index (χ3v) is 2.52. The first-order valence-corrected chi connectivity index (χ1v) is 5.43. The van der Waals surface area contributed by atoms with Crippen molar-refractivity contribution >= 4 is 5.69 Å². The number of aromatic nitrogens is 2. The highest BCUT2D eigenvalue weighted by Crippen LogP contribution is 2.12. The molecule has 1 aromatic heterocycles. The summed E-state index contributed by atoms with van der Waals surface area (Å²) in [5, 5.41) is 3.09. The van der Waals surface area contributed by atoms with Crippen molar-refractivity contribution in [1.29, 1.82) is 0 Å². The number of hydrogen-bond acceptors (Lipinski definition) is 4. The summed E-state index contributed by atoms with van der Waals surface area (Å²) in [6.07, 6.45) is 4.10. The maximum atomic E-state index is 5.02. The van der Waals surface area contributed by atoms with E-state index in [1.165, 1.54) is 5.56 Å². The number of benzene rings is 1. The minimum atomic E-state index is 0.680. The quantitative estimate of drug-likeness (QED) is 0.872. The third kappa shape index (κ3) is 2.93. The van der Waals surface area contributed by atoms with Gasteiger partial charge in [0.05, 0.1) is 19.5 Å². The molecule has 0 unspecified atom stereocenters. The van der Waals surface area contributed by atoms with Crippen LogP contribution >= 0.6 is 0 Å². The molecule has 0 bridgehead atoms. The van der Waals surface area contributed by atoms with Gasteiger partial charge in [-0.2, -0.15) is 0 Å². The second-order valence-electron chi connectivity index (χ2n) is 3.66. The Bertz CT molecular complexity index is 420. The zero-order valence-corrected chi connectivity index (χ0v) is 9.97. The Kier molecular flexibility index (Phi) is 3.55. The smallest absolute Gasteiger partial charge is 0.155 e. The molecule has 0 atom stereocenters. The van der Waals surface area contributed by atoms with E-state index in [-0.39, 0.29) is 0 Å². The van der Waals surface area contributed by atoms with Gasteiger partial charge in [-0.15, -0.1) is 0 Å². The first-order chi connectivity index (χ1) is 8.31. The summed E-state index contributed by atoms with van der Waals surface area (Å²) in [6, 6.07) is 8.22. The van der Waals surface area contributed by atoms with Crippen LogP contribution in [0, 0.1) is 0 Å². The van der Waals surface area contributed by atoms with Crippen LogP contribution < -0.4 is 10.1 Å². The van der Waals surface area contributed by atoms with E-state index in [9.17, 15) is 0 Å². The molecular weight excluding hydrogens is 214 g/mol. The molecule has 2 rings (SSSR count). The van der Waals surface area contributed by atoms with Crippen LogP contribution in [0.25, 0.3) is 0 Å². The van der Waals surface area contributed by atoms with Gasteiger partial charge in [0.25, 0.3) is 0 Å². The maximum absolute atomic E-state index is 5.02. The van der Waals surface area contributed by atoms with E-state index in [1.807, 2.05) is 19.2 Å². The van der Waals surface area contributed by atoms with E-state index in [0.29, 0.717) is 5.75 Å². The van der Waals surface area contributed by atoms with Gasteiger partial charge in [0.15, 0.2) is 5.75 Å². The molecule has 0 amide bonds. The lowest BCUT2D eigenvalue weighted by atomic mass is 10.1. The zero-order chi connectivity index (χ0) is 12.1. The first kappa shape index (κ1) is 11.4. The number of hydrogen-bond donors (Lipinski definition) is 1. The van der Waals surface area contributed by atoms with Crippen molar-refractivity contribution in [2.45, 2.75) is 6.42 Å². The highest BCUT2D eigenvalue weighted by atomic mass is 16.5. The molecule has 0 spiro atoms. The largest absolute Gasteiger partial charge is 0.494 e. The molecule has 2 aromatic rings. The van der Waals surface area contributed by atoms with Gasteiger partial charge < -0.3 is 10.1 Å². The van der Waals surface area contributed by atoms with E-state index in [1.54, 1.807) is 19.5 Å². The SMILES string of the molecule is CNc1ccc(Cc2ncc(OC)cn2)cc1. The van der Waals surface area contributed by atoms with Gasteiger partial charge >= 0.3 is 0 Å². The maximum Gasteiger partial charge on any atom is 0.155 e. The molecule has 0 saturated heterocycles. The molecule has 0 aliphatic heterocycles. The Morgan fingerprint density at radius 1 is 1.12 bits per heavy atom. The van der Waals surface area contributed by atoms with Crippen LogP contribution in [0.2, 0.25) is 0 Å². The highest BCUT2D eigenvalue weighted by Gasteiger charge is 2.00. The monoisotopic (exact) mass is 229 g/mol. The fourth-order valence-corrected chi connectivity index (χ4v) is 1.51. The highest BCUT2D eigenvalue weighted by molar-refractivity contribution is 5.44. The number of anilines is 1. The summed E-state index contributed by atoms with van der Waals surface area (Å²) >= 11 is 0. The minimum absolute atomic E-state index is 0.680. The predicted octanol–water partition coefficient (Wildman–Crippen LogP) is 2.12. The molecule has 0 fully saturated rings. The standard InChI is InChI=1S/C13H15N3O/c1-14-11-5-3-10(4-6-11)7-13-15-8-12(17-2)9-16-13/h3-6,8-9,14H,7H2,1-2H3. The van der Waals surface area contributed by atoms with E-state index in [4.69, 9.17) is 4.74 Å². The van der Waals surface area contributed by atoms with Gasteiger partial charge in [0.1, 0.15) is 5.82 Å². The summed E-state index contributed by atoms with van der Waals surface area (Å²) in [5.41, 5.74) is 2.29. The summed E-state index contributed by atoms with van der Waals surface area (Å²) in [5.74, 6) is 1.47. The molecule has 88 valence electrons. The first-order valence-electron chi connectivity index (χ1n) is 5.43. The third-order valence-electron chi connectivity index (χ3n) is 2.52. The van der Waals surface area contributed by atoms with E-state index < -0.39 is 0 Å². The van der Waals surface area contributed by atoms with Crippen molar-refractivity contribution in [3.63, 3.8) is 0 Å². The molecule has 0 radical (unpaired) electrons. The Morgan fingerprint density at radius 2 is 1.76 bits per heavy atom. The molecule has 1 heterocycles. The van der Waals surface area contributed by atoms with Gasteiger partial charge in [-0.05, 0) is 17.7 Å². The average molecular weight is 229 g/mol. The summed E-state index contributed by atoms with van der Waals surface area (Å²) in [6.45, 7) is 0. The number of methoxy groups -OCH3 is 1. The van der Waals surface area contributed by atoms with E-state index in [0.717, 1.165) is 17.9 Å². The number of nitrogens with one attached hydrogen (secondary N) is 1. The normalized spacial score (nSPS) is 10.0.